The molecule has 2 rings (SSSR count). The standard InChI is InChI=1S/C15H20ClN3O2.ClH/c1-10(9-17)14(20)18-12-6-4-8-19(15(12)21)13-7-3-2-5-11(13)16;/h2-3,5,7,10,12H,4,6,8-9,17H2,1H3,(H,18,20);1H. The molecule has 1 fully saturated rings. The van der Waals surface area contributed by atoms with E-state index in [0.717, 1.165) is 6.42 Å². The molecule has 7 heteroatoms. The van der Waals surface area contributed by atoms with Gasteiger partial charge >= 0.3 is 0 Å². The minimum absolute atomic E-state index is 0. The highest BCUT2D eigenvalue weighted by Gasteiger charge is 2.32. The van der Waals surface area contributed by atoms with Gasteiger partial charge in [-0.2, -0.15) is 0 Å². The van der Waals surface area contributed by atoms with Gasteiger partial charge in [-0.15, -0.1) is 12.4 Å². The molecule has 0 saturated carbocycles. The molecule has 1 aliphatic heterocycles. The smallest absolute Gasteiger partial charge is 0.249 e. The average molecular weight is 346 g/mol. The maximum Gasteiger partial charge on any atom is 0.249 e. The number of halogens is 2. The summed E-state index contributed by atoms with van der Waals surface area (Å²) in [6.07, 6.45) is 1.46. The Morgan fingerprint density at radius 2 is 2.18 bits per heavy atom. The zero-order chi connectivity index (χ0) is 15.4. The number of hydrogen-bond acceptors (Lipinski definition) is 3. The van der Waals surface area contributed by atoms with Crippen LogP contribution in [0.15, 0.2) is 24.3 Å². The van der Waals surface area contributed by atoms with E-state index in [1.54, 1.807) is 17.9 Å². The topological polar surface area (TPSA) is 75.4 Å². The Hall–Kier alpha value is -1.30. The third-order valence-corrected chi connectivity index (χ3v) is 4.02. The number of nitrogens with one attached hydrogen (secondary N) is 1. The second-order valence-corrected chi connectivity index (χ2v) is 5.69. The summed E-state index contributed by atoms with van der Waals surface area (Å²) in [6, 6.07) is 6.72. The fourth-order valence-corrected chi connectivity index (χ4v) is 2.58. The first-order valence-corrected chi connectivity index (χ1v) is 7.48. The predicted octanol–water partition coefficient (Wildman–Crippen LogP) is 1.97. The molecule has 5 nitrogen and oxygen atoms in total. The van der Waals surface area contributed by atoms with Gasteiger partial charge in [0.05, 0.1) is 10.7 Å². The number of anilines is 1. The first-order valence-electron chi connectivity index (χ1n) is 7.11. The summed E-state index contributed by atoms with van der Waals surface area (Å²) in [5.41, 5.74) is 6.17. The lowest BCUT2D eigenvalue weighted by Gasteiger charge is -2.33. The molecule has 22 heavy (non-hydrogen) atoms. The van der Waals surface area contributed by atoms with Crippen LogP contribution in [-0.2, 0) is 9.59 Å². The molecule has 1 aromatic carbocycles. The summed E-state index contributed by atoms with van der Waals surface area (Å²) in [5, 5.41) is 3.32. The van der Waals surface area contributed by atoms with Gasteiger partial charge in [0, 0.05) is 19.0 Å². The molecule has 2 amide bonds. The van der Waals surface area contributed by atoms with E-state index in [-0.39, 0.29) is 36.7 Å². The number of hydrogen-bond donors (Lipinski definition) is 2. The largest absolute Gasteiger partial charge is 0.344 e. The van der Waals surface area contributed by atoms with E-state index < -0.39 is 6.04 Å². The minimum Gasteiger partial charge on any atom is -0.344 e. The lowest BCUT2D eigenvalue weighted by molar-refractivity contribution is -0.130. The SMILES string of the molecule is CC(CN)C(=O)NC1CCCN(c2ccccc2Cl)C1=O.Cl. The van der Waals surface area contributed by atoms with Crippen LogP contribution in [-0.4, -0.2) is 30.9 Å². The van der Waals surface area contributed by atoms with E-state index in [2.05, 4.69) is 5.32 Å². The number of nitrogens with zero attached hydrogens (tertiary/aromatic N) is 1. The van der Waals surface area contributed by atoms with E-state index in [9.17, 15) is 9.59 Å². The lowest BCUT2D eigenvalue weighted by Crippen LogP contribution is -2.53. The Morgan fingerprint density at radius 3 is 2.82 bits per heavy atom. The normalized spacial score (nSPS) is 19.3. The van der Waals surface area contributed by atoms with Gasteiger partial charge in [-0.05, 0) is 25.0 Å². The van der Waals surface area contributed by atoms with Gasteiger partial charge in [0.25, 0.3) is 0 Å². The van der Waals surface area contributed by atoms with Crippen molar-refractivity contribution in [2.75, 3.05) is 18.0 Å². The van der Waals surface area contributed by atoms with E-state index in [1.807, 2.05) is 18.2 Å². The third kappa shape index (κ3) is 4.12. The molecule has 122 valence electrons. The van der Waals surface area contributed by atoms with Gasteiger partial charge in [0.2, 0.25) is 11.8 Å². The van der Waals surface area contributed by atoms with Gasteiger partial charge in [-0.25, -0.2) is 0 Å². The maximum absolute atomic E-state index is 12.5. The van der Waals surface area contributed by atoms with Gasteiger partial charge < -0.3 is 16.0 Å². The average Bonchev–Trinajstić information content (AvgIpc) is 2.49. The van der Waals surface area contributed by atoms with Crippen molar-refractivity contribution in [1.82, 2.24) is 5.32 Å². The Kier molecular flexibility index (Phi) is 7.13. The number of para-hydroxylation sites is 1. The summed E-state index contributed by atoms with van der Waals surface area (Å²) in [4.78, 5) is 26.1. The third-order valence-electron chi connectivity index (χ3n) is 3.70. The van der Waals surface area contributed by atoms with Crippen molar-refractivity contribution in [3.63, 3.8) is 0 Å². The second kappa shape index (κ2) is 8.36. The zero-order valence-electron chi connectivity index (χ0n) is 12.4. The van der Waals surface area contributed by atoms with Crippen LogP contribution in [0.25, 0.3) is 0 Å². The maximum atomic E-state index is 12.5. The summed E-state index contributed by atoms with van der Waals surface area (Å²) < 4.78 is 0. The second-order valence-electron chi connectivity index (χ2n) is 5.28. The summed E-state index contributed by atoms with van der Waals surface area (Å²) in [6.45, 7) is 2.62. The molecule has 1 saturated heterocycles. The molecule has 1 aliphatic rings. The van der Waals surface area contributed by atoms with Crippen LogP contribution in [0.3, 0.4) is 0 Å². The van der Waals surface area contributed by atoms with Crippen LogP contribution in [0.5, 0.6) is 0 Å². The molecule has 2 unspecified atom stereocenters. The summed E-state index contributed by atoms with van der Waals surface area (Å²) in [5.74, 6) is -0.600. The van der Waals surface area contributed by atoms with E-state index in [1.165, 1.54) is 0 Å². The predicted molar refractivity (Wildman–Crippen MR) is 90.4 cm³/mol. The fraction of sp³-hybridized carbons (Fsp3) is 0.467. The summed E-state index contributed by atoms with van der Waals surface area (Å²) in [7, 11) is 0. The van der Waals surface area contributed by atoms with Crippen LogP contribution in [0.1, 0.15) is 19.8 Å². The first-order chi connectivity index (χ1) is 10.0. The molecular formula is C15H21Cl2N3O2. The van der Waals surface area contributed by atoms with Crippen LogP contribution < -0.4 is 16.0 Å². The summed E-state index contributed by atoms with van der Waals surface area (Å²) >= 11 is 6.15. The molecule has 2 atom stereocenters. The number of carbonyl (C=O) groups excluding carboxylic acids is 2. The molecule has 0 aliphatic carbocycles. The van der Waals surface area contributed by atoms with Gasteiger partial charge in [0.15, 0.2) is 0 Å². The number of piperidine rings is 1. The number of carbonyl (C=O) groups is 2. The van der Waals surface area contributed by atoms with Crippen molar-refractivity contribution in [2.45, 2.75) is 25.8 Å². The van der Waals surface area contributed by atoms with Crippen molar-refractivity contribution >= 4 is 41.5 Å². The van der Waals surface area contributed by atoms with E-state index in [0.29, 0.717) is 23.7 Å². The highest BCUT2D eigenvalue weighted by Crippen LogP contribution is 2.28. The highest BCUT2D eigenvalue weighted by atomic mass is 35.5. The number of nitrogens with two attached hydrogens (primary N) is 1. The number of rotatable bonds is 4. The Morgan fingerprint density at radius 1 is 1.50 bits per heavy atom. The Labute approximate surface area is 141 Å². The van der Waals surface area contributed by atoms with Gasteiger partial charge in [-0.3, -0.25) is 9.59 Å². The molecule has 0 spiro atoms. The van der Waals surface area contributed by atoms with Crippen molar-refractivity contribution < 1.29 is 9.59 Å². The van der Waals surface area contributed by atoms with Crippen molar-refractivity contribution in [3.05, 3.63) is 29.3 Å². The van der Waals surface area contributed by atoms with Crippen LogP contribution in [0.4, 0.5) is 5.69 Å². The Bertz CT molecular complexity index is 539. The van der Waals surface area contributed by atoms with Crippen molar-refractivity contribution in [2.24, 2.45) is 11.7 Å². The molecule has 0 bridgehead atoms. The van der Waals surface area contributed by atoms with Crippen molar-refractivity contribution in [1.29, 1.82) is 0 Å². The van der Waals surface area contributed by atoms with E-state index >= 15 is 0 Å². The number of amides is 2. The van der Waals surface area contributed by atoms with Gasteiger partial charge in [-0.1, -0.05) is 30.7 Å². The van der Waals surface area contributed by atoms with Gasteiger partial charge in [0.1, 0.15) is 6.04 Å². The van der Waals surface area contributed by atoms with Crippen LogP contribution in [0.2, 0.25) is 5.02 Å². The minimum atomic E-state index is -0.503. The van der Waals surface area contributed by atoms with Crippen molar-refractivity contribution in [3.8, 4) is 0 Å². The zero-order valence-corrected chi connectivity index (χ0v) is 14.0. The van der Waals surface area contributed by atoms with Crippen LogP contribution >= 0.6 is 24.0 Å². The molecular weight excluding hydrogens is 325 g/mol. The molecule has 1 heterocycles. The molecule has 0 aromatic heterocycles. The van der Waals surface area contributed by atoms with E-state index in [4.69, 9.17) is 17.3 Å². The quantitative estimate of drug-likeness (QED) is 0.875. The molecule has 0 radical (unpaired) electrons. The van der Waals surface area contributed by atoms with Crippen LogP contribution in [0, 0.1) is 5.92 Å². The first kappa shape index (κ1) is 18.7. The number of benzene rings is 1. The monoisotopic (exact) mass is 345 g/mol. The lowest BCUT2D eigenvalue weighted by atomic mass is 10.0. The Balaban J connectivity index is 0.00000242. The highest BCUT2D eigenvalue weighted by molar-refractivity contribution is 6.33. The molecule has 1 aromatic rings. The molecule has 3 N–H and O–H groups in total. The fourth-order valence-electron chi connectivity index (χ4n) is 2.34.